The van der Waals surface area contributed by atoms with E-state index in [9.17, 15) is 14.4 Å². The Balaban J connectivity index is 1.22. The van der Waals surface area contributed by atoms with Crippen LogP contribution < -0.4 is 0 Å². The molecule has 1 atom stereocenters. The first-order chi connectivity index (χ1) is 32.0. The highest BCUT2D eigenvalue weighted by Gasteiger charge is 2.28. The molecule has 0 radical (unpaired) electrons. The molecule has 0 aliphatic carbocycles. The molecule has 0 bridgehead atoms. The minimum absolute atomic E-state index is 0.149. The van der Waals surface area contributed by atoms with Crippen molar-refractivity contribution in [1.29, 1.82) is 0 Å². The fourth-order valence-corrected chi connectivity index (χ4v) is 9.15. The first-order valence-corrected chi connectivity index (χ1v) is 26.4. The molecular formula is C59H86O6. The Hall–Kier alpha value is -4.19. The lowest BCUT2D eigenvalue weighted by Gasteiger charge is -2.23. The SMILES string of the molecule is CCCCCCCC/C=C\CCCCCCCC(=O)OCC(COC(=O)CCCCCCC/C=C\CCCCCCCC)OC(=O)C(CC)c1cc2cccc3ccc4cccc1c4c32. The van der Waals surface area contributed by atoms with Crippen molar-refractivity contribution in [2.75, 3.05) is 13.2 Å². The van der Waals surface area contributed by atoms with Gasteiger partial charge in [0.05, 0.1) is 5.92 Å². The summed E-state index contributed by atoms with van der Waals surface area (Å²) in [6.45, 7) is 6.21. The van der Waals surface area contributed by atoms with Crippen LogP contribution in [-0.2, 0) is 28.6 Å². The first-order valence-electron chi connectivity index (χ1n) is 26.4. The summed E-state index contributed by atoms with van der Waals surface area (Å²) in [7, 11) is 0. The van der Waals surface area contributed by atoms with Crippen LogP contribution in [-0.4, -0.2) is 37.2 Å². The van der Waals surface area contributed by atoms with E-state index in [0.717, 1.165) is 91.3 Å². The lowest BCUT2D eigenvalue weighted by atomic mass is 9.86. The molecule has 6 heteroatoms. The van der Waals surface area contributed by atoms with Gasteiger partial charge in [-0.05, 0) is 115 Å². The molecule has 358 valence electrons. The van der Waals surface area contributed by atoms with Gasteiger partial charge in [0, 0.05) is 12.8 Å². The molecule has 0 aromatic heterocycles. The van der Waals surface area contributed by atoms with Crippen molar-refractivity contribution in [1.82, 2.24) is 0 Å². The lowest BCUT2D eigenvalue weighted by molar-refractivity contribution is -0.168. The minimum Gasteiger partial charge on any atom is -0.462 e. The van der Waals surface area contributed by atoms with Crippen molar-refractivity contribution >= 4 is 50.2 Å². The fourth-order valence-electron chi connectivity index (χ4n) is 9.15. The summed E-state index contributed by atoms with van der Waals surface area (Å²) in [6, 6.07) is 18.9. The molecule has 0 aliphatic rings. The van der Waals surface area contributed by atoms with Crippen LogP contribution in [0.4, 0.5) is 0 Å². The van der Waals surface area contributed by atoms with Gasteiger partial charge in [0.2, 0.25) is 0 Å². The van der Waals surface area contributed by atoms with Crippen molar-refractivity contribution in [3.8, 4) is 0 Å². The summed E-state index contributed by atoms with van der Waals surface area (Å²) in [5, 5.41) is 6.76. The summed E-state index contributed by atoms with van der Waals surface area (Å²) in [4.78, 5) is 40.0. The number of hydrogen-bond donors (Lipinski definition) is 0. The average molecular weight is 891 g/mol. The number of ether oxygens (including phenoxy) is 3. The molecular weight excluding hydrogens is 805 g/mol. The summed E-state index contributed by atoms with van der Waals surface area (Å²) in [5.41, 5.74) is 0.912. The van der Waals surface area contributed by atoms with Crippen molar-refractivity contribution in [2.45, 2.75) is 219 Å². The van der Waals surface area contributed by atoms with Gasteiger partial charge >= 0.3 is 17.9 Å². The summed E-state index contributed by atoms with van der Waals surface area (Å²) in [6.07, 6.45) is 40.6. The zero-order valence-corrected chi connectivity index (χ0v) is 41.0. The maximum Gasteiger partial charge on any atom is 0.313 e. The normalized spacial score (nSPS) is 12.4. The van der Waals surface area contributed by atoms with Crippen LogP contribution >= 0.6 is 0 Å². The van der Waals surface area contributed by atoms with Gasteiger partial charge in [0.1, 0.15) is 13.2 Å². The molecule has 0 spiro atoms. The van der Waals surface area contributed by atoms with Crippen LogP contribution in [0.5, 0.6) is 0 Å². The molecule has 1 unspecified atom stereocenters. The number of esters is 3. The Morgan fingerprint density at radius 2 is 0.892 bits per heavy atom. The summed E-state index contributed by atoms with van der Waals surface area (Å²) in [5.74, 6) is -1.60. The average Bonchev–Trinajstić information content (AvgIpc) is 3.32. The van der Waals surface area contributed by atoms with Gasteiger partial charge in [-0.15, -0.1) is 0 Å². The lowest BCUT2D eigenvalue weighted by Crippen LogP contribution is -2.32. The predicted molar refractivity (Wildman–Crippen MR) is 274 cm³/mol. The Bertz CT molecular complexity index is 1900. The summed E-state index contributed by atoms with van der Waals surface area (Å²) < 4.78 is 17.5. The minimum atomic E-state index is -0.900. The molecule has 0 saturated carbocycles. The van der Waals surface area contributed by atoms with E-state index in [0.29, 0.717) is 19.3 Å². The van der Waals surface area contributed by atoms with Crippen LogP contribution in [0.15, 0.2) is 78.9 Å². The second-order valence-corrected chi connectivity index (χ2v) is 18.6. The second kappa shape index (κ2) is 33.3. The van der Waals surface area contributed by atoms with Crippen molar-refractivity contribution < 1.29 is 28.6 Å². The first kappa shape index (κ1) is 53.4. The van der Waals surface area contributed by atoms with E-state index in [1.165, 1.54) is 114 Å². The molecule has 0 heterocycles. The fraction of sp³-hybridized carbons (Fsp3) is 0.610. The van der Waals surface area contributed by atoms with E-state index in [1.807, 2.05) is 13.0 Å². The number of allylic oxidation sites excluding steroid dienone is 4. The van der Waals surface area contributed by atoms with Gasteiger partial charge in [-0.2, -0.15) is 0 Å². The third kappa shape index (κ3) is 20.5. The topological polar surface area (TPSA) is 78.9 Å². The molecule has 0 amide bonds. The van der Waals surface area contributed by atoms with Gasteiger partial charge in [-0.1, -0.05) is 196 Å². The number of carbonyl (C=O) groups excluding carboxylic acids is 3. The smallest absolute Gasteiger partial charge is 0.313 e. The Morgan fingerprint density at radius 3 is 1.37 bits per heavy atom. The van der Waals surface area contributed by atoms with Crippen molar-refractivity contribution in [3.05, 3.63) is 84.5 Å². The summed E-state index contributed by atoms with van der Waals surface area (Å²) >= 11 is 0. The Morgan fingerprint density at radius 1 is 0.477 bits per heavy atom. The van der Waals surface area contributed by atoms with E-state index in [-0.39, 0.29) is 25.2 Å². The molecule has 0 aliphatic heterocycles. The molecule has 0 saturated heterocycles. The number of hydrogen-bond acceptors (Lipinski definition) is 6. The van der Waals surface area contributed by atoms with Crippen molar-refractivity contribution in [2.24, 2.45) is 0 Å². The molecule has 65 heavy (non-hydrogen) atoms. The highest BCUT2D eigenvalue weighted by molar-refractivity contribution is 6.24. The van der Waals surface area contributed by atoms with Gasteiger partial charge in [0.25, 0.3) is 0 Å². The van der Waals surface area contributed by atoms with Gasteiger partial charge < -0.3 is 14.2 Å². The van der Waals surface area contributed by atoms with E-state index >= 15 is 0 Å². The van der Waals surface area contributed by atoms with Gasteiger partial charge in [-0.25, -0.2) is 0 Å². The molecule has 4 aromatic carbocycles. The van der Waals surface area contributed by atoms with Crippen molar-refractivity contribution in [3.63, 3.8) is 0 Å². The van der Waals surface area contributed by atoms with Crippen LogP contribution in [0.2, 0.25) is 0 Å². The number of benzene rings is 4. The van der Waals surface area contributed by atoms with Gasteiger partial charge in [0.15, 0.2) is 6.10 Å². The predicted octanol–water partition coefficient (Wildman–Crippen LogP) is 17.2. The largest absolute Gasteiger partial charge is 0.462 e. The van der Waals surface area contributed by atoms with Crippen LogP contribution in [0.1, 0.15) is 218 Å². The monoisotopic (exact) mass is 891 g/mol. The van der Waals surface area contributed by atoms with E-state index in [1.54, 1.807) is 0 Å². The third-order valence-electron chi connectivity index (χ3n) is 13.0. The number of rotatable bonds is 38. The molecule has 4 aromatic rings. The molecule has 4 rings (SSSR count). The number of unbranched alkanes of at least 4 members (excludes halogenated alkanes) is 22. The maximum absolute atomic E-state index is 14.2. The third-order valence-corrected chi connectivity index (χ3v) is 13.0. The Labute approximate surface area is 394 Å². The second-order valence-electron chi connectivity index (χ2n) is 18.6. The van der Waals surface area contributed by atoms with E-state index in [2.05, 4.69) is 86.7 Å². The Kier molecular flexibility index (Phi) is 27.4. The zero-order valence-electron chi connectivity index (χ0n) is 41.0. The highest BCUT2D eigenvalue weighted by Crippen LogP contribution is 2.40. The van der Waals surface area contributed by atoms with E-state index < -0.39 is 18.0 Å². The highest BCUT2D eigenvalue weighted by atomic mass is 16.6. The quantitative estimate of drug-likeness (QED) is 0.0147. The maximum atomic E-state index is 14.2. The number of carbonyl (C=O) groups is 3. The van der Waals surface area contributed by atoms with Gasteiger partial charge in [-0.3, -0.25) is 14.4 Å². The molecule has 0 fully saturated rings. The standard InChI is InChI=1S/C59H86O6/c1-4-7-9-11-13-15-17-19-21-23-25-27-29-31-33-41-55(60)63-46-51(47-64-56(61)42-34-32-30-28-26-24-22-20-18-16-14-12-10-8-5-2)65-59(62)52(6-3)54-45-50-39-35-37-48-43-44-49-38-36-40-53(54)58(49)57(48)50/h19-22,35-40,43-45,51-52H,4-18,23-34,41-42,46-47H2,1-3H3/b21-19-,22-20-. The van der Waals surface area contributed by atoms with Crippen LogP contribution in [0, 0.1) is 0 Å². The van der Waals surface area contributed by atoms with Crippen LogP contribution in [0.25, 0.3) is 32.3 Å². The van der Waals surface area contributed by atoms with E-state index in [4.69, 9.17) is 14.2 Å². The van der Waals surface area contributed by atoms with Crippen LogP contribution in [0.3, 0.4) is 0 Å². The molecule has 6 nitrogen and oxygen atoms in total. The zero-order chi connectivity index (χ0) is 46.2. The molecule has 0 N–H and O–H groups in total.